The molecule has 1 amide bonds. The van der Waals surface area contributed by atoms with E-state index in [-0.39, 0.29) is 13.0 Å². The number of likely N-dealkylation sites (tertiary alicyclic amines) is 1. The number of nitrogens with zero attached hydrogens (tertiary/aromatic N) is 1. The van der Waals surface area contributed by atoms with Crippen molar-refractivity contribution in [1.82, 2.24) is 4.90 Å². The van der Waals surface area contributed by atoms with Gasteiger partial charge >= 0.3 is 12.1 Å². The SMILES string of the molecule is CCCOc1ccc(OC2CC(C(=O)O)N(C(=O)OC(C)(C)C)C2)cc1. The van der Waals surface area contributed by atoms with Gasteiger partial charge in [-0.3, -0.25) is 4.90 Å². The molecule has 0 aromatic heterocycles. The topological polar surface area (TPSA) is 85.3 Å². The third-order valence-electron chi connectivity index (χ3n) is 3.78. The first-order valence-electron chi connectivity index (χ1n) is 8.81. The monoisotopic (exact) mass is 365 g/mol. The van der Waals surface area contributed by atoms with Crippen molar-refractivity contribution in [2.24, 2.45) is 0 Å². The summed E-state index contributed by atoms with van der Waals surface area (Å²) in [4.78, 5) is 25.0. The van der Waals surface area contributed by atoms with Crippen LogP contribution in [0, 0.1) is 0 Å². The van der Waals surface area contributed by atoms with Crippen LogP contribution in [0.2, 0.25) is 0 Å². The highest BCUT2D eigenvalue weighted by atomic mass is 16.6. The van der Waals surface area contributed by atoms with E-state index in [9.17, 15) is 14.7 Å². The number of carboxylic acid groups (broad SMARTS) is 1. The molecule has 26 heavy (non-hydrogen) atoms. The van der Waals surface area contributed by atoms with Gasteiger partial charge in [-0.15, -0.1) is 0 Å². The first kappa shape index (κ1) is 19.9. The largest absolute Gasteiger partial charge is 0.494 e. The Morgan fingerprint density at radius 1 is 1.19 bits per heavy atom. The lowest BCUT2D eigenvalue weighted by Gasteiger charge is -2.26. The van der Waals surface area contributed by atoms with Gasteiger partial charge in [-0.05, 0) is 51.5 Å². The molecule has 1 aromatic rings. The summed E-state index contributed by atoms with van der Waals surface area (Å²) in [6.07, 6.45) is 0.0883. The van der Waals surface area contributed by atoms with Crippen LogP contribution in [-0.2, 0) is 9.53 Å². The van der Waals surface area contributed by atoms with Crippen LogP contribution in [0.3, 0.4) is 0 Å². The lowest BCUT2D eigenvalue weighted by atomic mass is 10.2. The number of carbonyl (C=O) groups excluding carboxylic acids is 1. The molecule has 1 N–H and O–H groups in total. The molecule has 0 bridgehead atoms. The minimum Gasteiger partial charge on any atom is -0.494 e. The fraction of sp³-hybridized carbons (Fsp3) is 0.579. The Morgan fingerprint density at radius 3 is 2.35 bits per heavy atom. The summed E-state index contributed by atoms with van der Waals surface area (Å²) in [5.41, 5.74) is -0.687. The number of hydrogen-bond acceptors (Lipinski definition) is 5. The van der Waals surface area contributed by atoms with Gasteiger partial charge in [0.15, 0.2) is 0 Å². The Balaban J connectivity index is 2.00. The lowest BCUT2D eigenvalue weighted by Crippen LogP contribution is -2.43. The van der Waals surface area contributed by atoms with Gasteiger partial charge in [-0.25, -0.2) is 9.59 Å². The van der Waals surface area contributed by atoms with Crippen LogP contribution in [0.1, 0.15) is 40.5 Å². The molecule has 2 atom stereocenters. The molecule has 144 valence electrons. The van der Waals surface area contributed by atoms with Gasteiger partial charge in [0.25, 0.3) is 0 Å². The number of aliphatic carboxylic acids is 1. The second-order valence-electron chi connectivity index (χ2n) is 7.28. The van der Waals surface area contributed by atoms with Gasteiger partial charge < -0.3 is 19.3 Å². The first-order chi connectivity index (χ1) is 12.2. The third-order valence-corrected chi connectivity index (χ3v) is 3.78. The molecule has 1 heterocycles. The molecule has 1 saturated heterocycles. The lowest BCUT2D eigenvalue weighted by molar-refractivity contribution is -0.142. The maximum Gasteiger partial charge on any atom is 0.411 e. The summed E-state index contributed by atoms with van der Waals surface area (Å²) in [6.45, 7) is 8.08. The van der Waals surface area contributed by atoms with Crippen molar-refractivity contribution in [2.45, 2.75) is 58.3 Å². The number of carbonyl (C=O) groups is 2. The maximum absolute atomic E-state index is 12.3. The van der Waals surface area contributed by atoms with E-state index in [2.05, 4.69) is 0 Å². The van der Waals surface area contributed by atoms with Crippen molar-refractivity contribution in [3.63, 3.8) is 0 Å². The highest BCUT2D eigenvalue weighted by Gasteiger charge is 2.42. The third kappa shape index (κ3) is 5.54. The molecule has 1 aliphatic heterocycles. The zero-order valence-corrected chi connectivity index (χ0v) is 15.7. The van der Waals surface area contributed by atoms with Crippen molar-refractivity contribution >= 4 is 12.1 Å². The molecule has 1 aliphatic rings. The van der Waals surface area contributed by atoms with E-state index in [0.717, 1.165) is 12.2 Å². The highest BCUT2D eigenvalue weighted by Crippen LogP contribution is 2.26. The van der Waals surface area contributed by atoms with Gasteiger partial charge in [-0.2, -0.15) is 0 Å². The van der Waals surface area contributed by atoms with E-state index >= 15 is 0 Å². The van der Waals surface area contributed by atoms with Gasteiger partial charge in [-0.1, -0.05) is 6.92 Å². The quantitative estimate of drug-likeness (QED) is 0.832. The Hall–Kier alpha value is -2.44. The molecule has 2 rings (SSSR count). The molecule has 7 heteroatoms. The highest BCUT2D eigenvalue weighted by molar-refractivity contribution is 5.81. The molecule has 0 spiro atoms. The van der Waals surface area contributed by atoms with Crippen LogP contribution in [0.25, 0.3) is 0 Å². The number of carboxylic acids is 1. The summed E-state index contributed by atoms with van der Waals surface area (Å²) >= 11 is 0. The normalized spacial score (nSPS) is 19.9. The molecule has 0 aliphatic carbocycles. The molecule has 7 nitrogen and oxygen atoms in total. The van der Waals surface area contributed by atoms with E-state index in [1.807, 2.05) is 6.92 Å². The van der Waals surface area contributed by atoms with Crippen LogP contribution in [-0.4, -0.2) is 53.0 Å². The van der Waals surface area contributed by atoms with Crippen LogP contribution in [0.15, 0.2) is 24.3 Å². The molecule has 0 saturated carbocycles. The number of hydrogen-bond donors (Lipinski definition) is 1. The van der Waals surface area contributed by atoms with E-state index in [4.69, 9.17) is 14.2 Å². The minimum atomic E-state index is -1.06. The van der Waals surface area contributed by atoms with Crippen LogP contribution in [0.5, 0.6) is 11.5 Å². The average molecular weight is 365 g/mol. The van der Waals surface area contributed by atoms with Gasteiger partial charge in [0.1, 0.15) is 29.2 Å². The molecular formula is C19H27NO6. The smallest absolute Gasteiger partial charge is 0.411 e. The van der Waals surface area contributed by atoms with Gasteiger partial charge in [0.2, 0.25) is 0 Å². The molecule has 1 aromatic carbocycles. The first-order valence-corrected chi connectivity index (χ1v) is 8.81. The zero-order valence-electron chi connectivity index (χ0n) is 15.7. The summed E-state index contributed by atoms with van der Waals surface area (Å²) in [5.74, 6) is 0.295. The number of benzene rings is 1. The van der Waals surface area contributed by atoms with E-state index in [1.165, 1.54) is 4.90 Å². The van der Waals surface area contributed by atoms with Gasteiger partial charge in [0, 0.05) is 6.42 Å². The standard InChI is InChI=1S/C19H27NO6/c1-5-10-24-13-6-8-14(9-7-13)25-15-11-16(17(21)22)20(12-15)18(23)26-19(2,3)4/h6-9,15-16H,5,10-12H2,1-4H3,(H,21,22). The average Bonchev–Trinajstić information content (AvgIpc) is 2.97. The van der Waals surface area contributed by atoms with Crippen LogP contribution < -0.4 is 9.47 Å². The molecule has 2 unspecified atom stereocenters. The van der Waals surface area contributed by atoms with Crippen molar-refractivity contribution in [3.05, 3.63) is 24.3 Å². The second-order valence-corrected chi connectivity index (χ2v) is 7.28. The van der Waals surface area contributed by atoms with E-state index in [0.29, 0.717) is 12.4 Å². The second kappa shape index (κ2) is 8.29. The molecule has 1 fully saturated rings. The fourth-order valence-electron chi connectivity index (χ4n) is 2.67. The number of rotatable bonds is 6. The Morgan fingerprint density at radius 2 is 1.81 bits per heavy atom. The molecule has 0 radical (unpaired) electrons. The van der Waals surface area contributed by atoms with Crippen molar-refractivity contribution in [1.29, 1.82) is 0 Å². The van der Waals surface area contributed by atoms with E-state index in [1.54, 1.807) is 45.0 Å². The Bertz CT molecular complexity index is 622. The summed E-state index contributed by atoms with van der Waals surface area (Å²) in [5, 5.41) is 9.41. The van der Waals surface area contributed by atoms with Gasteiger partial charge in [0.05, 0.1) is 13.2 Å². The molecular weight excluding hydrogens is 338 g/mol. The predicted octanol–water partition coefficient (Wildman–Crippen LogP) is 3.32. The van der Waals surface area contributed by atoms with E-state index < -0.39 is 29.8 Å². The Labute approximate surface area is 153 Å². The zero-order chi connectivity index (χ0) is 19.3. The van der Waals surface area contributed by atoms with Crippen molar-refractivity contribution < 1.29 is 28.9 Å². The van der Waals surface area contributed by atoms with Crippen LogP contribution in [0.4, 0.5) is 4.79 Å². The van der Waals surface area contributed by atoms with Crippen LogP contribution >= 0.6 is 0 Å². The number of amides is 1. The summed E-state index contributed by atoms with van der Waals surface area (Å²) in [7, 11) is 0. The van der Waals surface area contributed by atoms with Crippen molar-refractivity contribution in [2.75, 3.05) is 13.2 Å². The Kier molecular flexibility index (Phi) is 6.34. The van der Waals surface area contributed by atoms with Crippen molar-refractivity contribution in [3.8, 4) is 11.5 Å². The summed E-state index contributed by atoms with van der Waals surface area (Å²) in [6, 6.07) is 6.20. The predicted molar refractivity (Wildman–Crippen MR) is 95.6 cm³/mol. The fourth-order valence-corrected chi connectivity index (χ4v) is 2.67. The summed E-state index contributed by atoms with van der Waals surface area (Å²) < 4.78 is 16.7. The number of ether oxygens (including phenoxy) is 3. The minimum absolute atomic E-state index is 0.167. The maximum atomic E-state index is 12.3.